The second-order valence-electron chi connectivity index (χ2n) is 6.17. The van der Waals surface area contributed by atoms with E-state index in [1.165, 1.54) is 0 Å². The first-order chi connectivity index (χ1) is 12.6. The first kappa shape index (κ1) is 18.1. The number of hydrogen-bond acceptors (Lipinski definition) is 5. The number of ether oxygens (including phenoxy) is 1. The summed E-state index contributed by atoms with van der Waals surface area (Å²) in [4.78, 5) is 40.9. The van der Waals surface area contributed by atoms with Gasteiger partial charge in [-0.15, -0.1) is 0 Å². The van der Waals surface area contributed by atoms with Crippen LogP contribution in [0.15, 0.2) is 39.9 Å². The summed E-state index contributed by atoms with van der Waals surface area (Å²) in [7, 11) is 0. The number of aromatic nitrogens is 2. The summed E-state index contributed by atoms with van der Waals surface area (Å²) in [6.07, 6.45) is 0.507. The molecule has 0 unspecified atom stereocenters. The van der Waals surface area contributed by atoms with Crippen molar-refractivity contribution < 1.29 is 14.6 Å². The van der Waals surface area contributed by atoms with E-state index in [2.05, 4.69) is 4.98 Å². The lowest BCUT2D eigenvalue weighted by molar-refractivity contribution is 0.0335. The van der Waals surface area contributed by atoms with E-state index in [-0.39, 0.29) is 24.3 Å². The van der Waals surface area contributed by atoms with Gasteiger partial charge in [-0.25, -0.2) is 9.59 Å². The fourth-order valence-electron chi connectivity index (χ4n) is 3.01. The molecule has 26 heavy (non-hydrogen) atoms. The number of benzene rings is 1. The predicted octanol–water partition coefficient (Wildman–Crippen LogP) is 0.310. The van der Waals surface area contributed by atoms with Crippen LogP contribution in [0.25, 0.3) is 0 Å². The molecule has 1 aromatic heterocycles. The van der Waals surface area contributed by atoms with Crippen molar-refractivity contribution in [2.24, 2.45) is 0 Å². The number of carboxylic acids is 1. The number of carbonyl (C=O) groups is 1. The fraction of sp³-hybridized carbons (Fsp3) is 0.389. The molecule has 0 aliphatic carbocycles. The van der Waals surface area contributed by atoms with E-state index in [1.807, 2.05) is 35.2 Å². The average molecular weight is 359 g/mol. The van der Waals surface area contributed by atoms with Gasteiger partial charge in [0, 0.05) is 26.2 Å². The molecule has 3 rings (SSSR count). The summed E-state index contributed by atoms with van der Waals surface area (Å²) in [5.74, 6) is -1.31. The average Bonchev–Trinajstić information content (AvgIpc) is 2.65. The van der Waals surface area contributed by atoms with Crippen LogP contribution in [0.1, 0.15) is 21.6 Å². The molecule has 1 fully saturated rings. The molecule has 1 aliphatic rings. The molecular weight excluding hydrogens is 338 g/mol. The third-order valence-corrected chi connectivity index (χ3v) is 4.45. The van der Waals surface area contributed by atoms with Crippen LogP contribution in [0.5, 0.6) is 0 Å². The van der Waals surface area contributed by atoms with Crippen LogP contribution in [-0.2, 0) is 24.2 Å². The third kappa shape index (κ3) is 4.09. The smallest absolute Gasteiger partial charge is 0.352 e. The Morgan fingerprint density at radius 1 is 1.15 bits per heavy atom. The van der Waals surface area contributed by atoms with E-state index >= 15 is 0 Å². The number of aromatic amines is 1. The number of nitrogens with zero attached hydrogens (tertiary/aromatic N) is 2. The Balaban J connectivity index is 1.91. The van der Waals surface area contributed by atoms with Crippen LogP contribution in [0.3, 0.4) is 0 Å². The summed E-state index contributed by atoms with van der Waals surface area (Å²) in [6, 6.07) is 9.50. The first-order valence-electron chi connectivity index (χ1n) is 8.49. The van der Waals surface area contributed by atoms with Crippen molar-refractivity contribution in [1.82, 2.24) is 14.5 Å². The molecule has 0 bridgehead atoms. The molecular formula is C18H21N3O5. The fourth-order valence-corrected chi connectivity index (χ4v) is 3.01. The maximum Gasteiger partial charge on any atom is 0.352 e. The zero-order valence-electron chi connectivity index (χ0n) is 14.3. The molecule has 8 nitrogen and oxygen atoms in total. The number of morpholine rings is 1. The standard InChI is InChI=1S/C18H21N3O5/c22-16-14(12-20-8-10-26-11-9-20)15(17(23)24)19-18(25)21(16)7-6-13-4-2-1-3-5-13/h1-5H,6-12H2,(H,19,25)(H,23,24). The number of rotatable bonds is 6. The van der Waals surface area contributed by atoms with Crippen LogP contribution in [0, 0.1) is 0 Å². The van der Waals surface area contributed by atoms with Crippen molar-refractivity contribution in [2.45, 2.75) is 19.5 Å². The lowest BCUT2D eigenvalue weighted by Gasteiger charge is -2.26. The van der Waals surface area contributed by atoms with Crippen molar-refractivity contribution in [3.8, 4) is 0 Å². The van der Waals surface area contributed by atoms with E-state index in [4.69, 9.17) is 4.74 Å². The number of hydrogen-bond donors (Lipinski definition) is 2. The molecule has 0 saturated carbocycles. The van der Waals surface area contributed by atoms with Gasteiger partial charge in [-0.3, -0.25) is 14.3 Å². The Bertz CT molecular complexity index is 882. The second-order valence-corrected chi connectivity index (χ2v) is 6.17. The van der Waals surface area contributed by atoms with E-state index in [9.17, 15) is 19.5 Å². The molecule has 0 atom stereocenters. The van der Waals surface area contributed by atoms with Gasteiger partial charge in [-0.2, -0.15) is 0 Å². The highest BCUT2D eigenvalue weighted by Crippen LogP contribution is 2.07. The van der Waals surface area contributed by atoms with Crippen molar-refractivity contribution in [3.63, 3.8) is 0 Å². The number of H-pyrrole nitrogens is 1. The summed E-state index contributed by atoms with van der Waals surface area (Å²) in [6.45, 7) is 2.66. The molecule has 2 N–H and O–H groups in total. The molecule has 8 heteroatoms. The van der Waals surface area contributed by atoms with Crippen molar-refractivity contribution >= 4 is 5.97 Å². The molecule has 2 aromatic rings. The van der Waals surface area contributed by atoms with Crippen LogP contribution in [-0.4, -0.2) is 51.8 Å². The van der Waals surface area contributed by atoms with Crippen LogP contribution in [0.4, 0.5) is 0 Å². The largest absolute Gasteiger partial charge is 0.477 e. The number of carboxylic acid groups (broad SMARTS) is 1. The highest BCUT2D eigenvalue weighted by molar-refractivity contribution is 5.86. The van der Waals surface area contributed by atoms with Crippen molar-refractivity contribution in [1.29, 1.82) is 0 Å². The van der Waals surface area contributed by atoms with E-state index in [1.54, 1.807) is 0 Å². The van der Waals surface area contributed by atoms with Gasteiger partial charge >= 0.3 is 11.7 Å². The normalized spacial score (nSPS) is 15.1. The number of aryl methyl sites for hydroxylation is 1. The molecule has 2 heterocycles. The Morgan fingerprint density at radius 2 is 1.85 bits per heavy atom. The minimum absolute atomic E-state index is 0.104. The highest BCUT2D eigenvalue weighted by Gasteiger charge is 2.22. The van der Waals surface area contributed by atoms with E-state index in [0.717, 1.165) is 10.1 Å². The van der Waals surface area contributed by atoms with Gasteiger partial charge in [0.25, 0.3) is 5.56 Å². The quantitative estimate of drug-likeness (QED) is 0.769. The van der Waals surface area contributed by atoms with Crippen molar-refractivity contribution in [2.75, 3.05) is 26.3 Å². The monoisotopic (exact) mass is 359 g/mol. The highest BCUT2D eigenvalue weighted by atomic mass is 16.5. The van der Waals surface area contributed by atoms with Crippen LogP contribution in [0.2, 0.25) is 0 Å². The van der Waals surface area contributed by atoms with Gasteiger partial charge in [-0.05, 0) is 12.0 Å². The van der Waals surface area contributed by atoms with Crippen LogP contribution >= 0.6 is 0 Å². The maximum absolute atomic E-state index is 12.8. The molecule has 0 amide bonds. The number of aromatic carboxylic acids is 1. The summed E-state index contributed by atoms with van der Waals surface area (Å²) < 4.78 is 6.36. The van der Waals surface area contributed by atoms with Crippen molar-refractivity contribution in [3.05, 3.63) is 68.0 Å². The van der Waals surface area contributed by atoms with E-state index in [0.29, 0.717) is 32.7 Å². The predicted molar refractivity (Wildman–Crippen MR) is 94.5 cm³/mol. The first-order valence-corrected chi connectivity index (χ1v) is 8.49. The van der Waals surface area contributed by atoms with Gasteiger partial charge < -0.3 is 14.8 Å². The molecule has 138 valence electrons. The zero-order valence-corrected chi connectivity index (χ0v) is 14.3. The topological polar surface area (TPSA) is 105 Å². The van der Waals surface area contributed by atoms with Gasteiger partial charge in [-0.1, -0.05) is 30.3 Å². The van der Waals surface area contributed by atoms with Gasteiger partial charge in [0.2, 0.25) is 0 Å². The summed E-state index contributed by atoms with van der Waals surface area (Å²) in [5.41, 5.74) is -0.479. The lowest BCUT2D eigenvalue weighted by atomic mass is 10.1. The minimum Gasteiger partial charge on any atom is -0.477 e. The zero-order chi connectivity index (χ0) is 18.5. The molecule has 1 saturated heterocycles. The van der Waals surface area contributed by atoms with Gasteiger partial charge in [0.15, 0.2) is 0 Å². The molecule has 0 radical (unpaired) electrons. The maximum atomic E-state index is 12.8. The Morgan fingerprint density at radius 3 is 2.50 bits per heavy atom. The molecule has 1 aliphatic heterocycles. The summed E-state index contributed by atoms with van der Waals surface area (Å²) in [5, 5.41) is 9.38. The summed E-state index contributed by atoms with van der Waals surface area (Å²) >= 11 is 0. The Kier molecular flexibility index (Phi) is 5.65. The van der Waals surface area contributed by atoms with Gasteiger partial charge in [0.05, 0.1) is 18.8 Å². The molecule has 0 spiro atoms. The third-order valence-electron chi connectivity index (χ3n) is 4.45. The second kappa shape index (κ2) is 8.11. The Labute approximate surface area is 149 Å². The van der Waals surface area contributed by atoms with Crippen LogP contribution < -0.4 is 11.2 Å². The van der Waals surface area contributed by atoms with E-state index < -0.39 is 17.2 Å². The Hall–Kier alpha value is -2.71. The minimum atomic E-state index is -1.31. The van der Waals surface area contributed by atoms with Gasteiger partial charge in [0.1, 0.15) is 5.69 Å². The SMILES string of the molecule is O=C(O)c1[nH]c(=O)n(CCc2ccccc2)c(=O)c1CN1CCOCC1. The number of nitrogens with one attached hydrogen (secondary N) is 1. The lowest BCUT2D eigenvalue weighted by Crippen LogP contribution is -2.43. The molecule has 1 aromatic carbocycles.